The second-order valence-corrected chi connectivity index (χ2v) is 17.2. The minimum absolute atomic E-state index is 0.103. The molecule has 0 amide bonds. The van der Waals surface area contributed by atoms with E-state index in [4.69, 9.17) is 0 Å². The first-order chi connectivity index (χ1) is 25.8. The Bertz CT molecular complexity index is 2710. The zero-order valence-corrected chi connectivity index (χ0v) is 31.8. The van der Waals surface area contributed by atoms with Gasteiger partial charge in [-0.25, -0.2) is 0 Å². The van der Waals surface area contributed by atoms with Crippen LogP contribution in [0.5, 0.6) is 0 Å². The second kappa shape index (κ2) is 11.3. The lowest BCUT2D eigenvalue weighted by Crippen LogP contribution is -2.31. The molecular formula is C51H43BO2. The van der Waals surface area contributed by atoms with Crippen LogP contribution in [0.4, 0.5) is 0 Å². The zero-order chi connectivity index (χ0) is 37.3. The van der Waals surface area contributed by atoms with Gasteiger partial charge < -0.3 is 10.0 Å². The van der Waals surface area contributed by atoms with Gasteiger partial charge >= 0.3 is 7.12 Å². The van der Waals surface area contributed by atoms with Crippen molar-refractivity contribution in [2.24, 2.45) is 0 Å². The van der Waals surface area contributed by atoms with Crippen molar-refractivity contribution >= 4 is 12.6 Å². The zero-order valence-electron chi connectivity index (χ0n) is 31.8. The molecule has 0 fully saturated rings. The van der Waals surface area contributed by atoms with Crippen LogP contribution in [0.3, 0.4) is 0 Å². The highest BCUT2D eigenvalue weighted by atomic mass is 16.4. The summed E-state index contributed by atoms with van der Waals surface area (Å²) in [5.41, 5.74) is 23.1. The van der Waals surface area contributed by atoms with E-state index in [-0.39, 0.29) is 16.2 Å². The van der Waals surface area contributed by atoms with Gasteiger partial charge in [0.2, 0.25) is 0 Å². The molecule has 0 aromatic heterocycles. The smallest absolute Gasteiger partial charge is 0.423 e. The van der Waals surface area contributed by atoms with Crippen LogP contribution < -0.4 is 5.46 Å². The molecule has 3 heteroatoms. The van der Waals surface area contributed by atoms with Gasteiger partial charge in [0.05, 0.1) is 0 Å². The summed E-state index contributed by atoms with van der Waals surface area (Å²) < 4.78 is 0. The van der Waals surface area contributed by atoms with Crippen molar-refractivity contribution in [2.75, 3.05) is 0 Å². The van der Waals surface area contributed by atoms with Gasteiger partial charge in [-0.3, -0.25) is 0 Å². The van der Waals surface area contributed by atoms with E-state index in [2.05, 4.69) is 163 Å². The van der Waals surface area contributed by atoms with Crippen molar-refractivity contribution in [3.05, 3.63) is 173 Å². The van der Waals surface area contributed by atoms with E-state index in [1.807, 2.05) is 18.2 Å². The topological polar surface area (TPSA) is 40.5 Å². The molecule has 2 N–H and O–H groups in total. The minimum Gasteiger partial charge on any atom is -0.423 e. The predicted molar refractivity (Wildman–Crippen MR) is 225 cm³/mol. The highest BCUT2D eigenvalue weighted by Gasteiger charge is 2.39. The molecule has 0 saturated carbocycles. The van der Waals surface area contributed by atoms with Crippen molar-refractivity contribution in [1.29, 1.82) is 0 Å². The molecule has 0 bridgehead atoms. The van der Waals surface area contributed by atoms with E-state index in [0.717, 1.165) is 5.56 Å². The van der Waals surface area contributed by atoms with Gasteiger partial charge in [0.15, 0.2) is 0 Å². The van der Waals surface area contributed by atoms with Gasteiger partial charge in [0.25, 0.3) is 0 Å². The first-order valence-electron chi connectivity index (χ1n) is 19.1. The van der Waals surface area contributed by atoms with Gasteiger partial charge in [-0.05, 0) is 136 Å². The molecule has 10 rings (SSSR count). The average Bonchev–Trinajstić information content (AvgIpc) is 3.66. The molecule has 7 aromatic rings. The maximum absolute atomic E-state index is 9.87. The highest BCUT2D eigenvalue weighted by molar-refractivity contribution is 6.58. The molecule has 7 aromatic carbocycles. The Morgan fingerprint density at radius 1 is 0.315 bits per heavy atom. The number of rotatable bonds is 4. The van der Waals surface area contributed by atoms with Gasteiger partial charge in [-0.1, -0.05) is 151 Å². The van der Waals surface area contributed by atoms with Gasteiger partial charge in [0, 0.05) is 16.2 Å². The molecule has 2 nitrogen and oxygen atoms in total. The molecule has 0 spiro atoms. The van der Waals surface area contributed by atoms with E-state index < -0.39 is 7.12 Å². The largest absolute Gasteiger partial charge is 0.488 e. The molecule has 0 heterocycles. The third-order valence-corrected chi connectivity index (χ3v) is 13.1. The molecule has 0 radical (unpaired) electrons. The molecule has 0 unspecified atom stereocenters. The molecule has 0 saturated heterocycles. The van der Waals surface area contributed by atoms with Crippen LogP contribution in [0.15, 0.2) is 140 Å². The van der Waals surface area contributed by atoms with Crippen molar-refractivity contribution in [1.82, 2.24) is 0 Å². The van der Waals surface area contributed by atoms with Crippen LogP contribution in [-0.4, -0.2) is 17.2 Å². The Balaban J connectivity index is 0.983. The van der Waals surface area contributed by atoms with Crippen molar-refractivity contribution in [3.8, 4) is 66.8 Å². The summed E-state index contributed by atoms with van der Waals surface area (Å²) in [6, 6.07) is 51.5. The lowest BCUT2D eigenvalue weighted by atomic mass is 9.75. The average molecular weight is 699 g/mol. The summed E-state index contributed by atoms with van der Waals surface area (Å²) in [6.45, 7) is 13.9. The van der Waals surface area contributed by atoms with E-state index in [0.29, 0.717) is 5.46 Å². The molecular weight excluding hydrogens is 655 g/mol. The third-order valence-electron chi connectivity index (χ3n) is 13.1. The fourth-order valence-electron chi connectivity index (χ4n) is 9.92. The summed E-state index contributed by atoms with van der Waals surface area (Å²) in [6.07, 6.45) is 0. The lowest BCUT2D eigenvalue weighted by Gasteiger charge is -2.24. The van der Waals surface area contributed by atoms with Crippen molar-refractivity contribution in [3.63, 3.8) is 0 Å². The molecule has 0 atom stereocenters. The lowest BCUT2D eigenvalue weighted by molar-refractivity contribution is 0.425. The molecule has 3 aliphatic carbocycles. The quantitative estimate of drug-likeness (QED) is 0.180. The number of hydrogen-bond acceptors (Lipinski definition) is 2. The first kappa shape index (κ1) is 33.1. The third kappa shape index (κ3) is 4.62. The van der Waals surface area contributed by atoms with Gasteiger partial charge in [-0.15, -0.1) is 0 Å². The Hall–Kier alpha value is -5.48. The van der Waals surface area contributed by atoms with Crippen LogP contribution in [0, 0.1) is 0 Å². The molecule has 3 aliphatic rings. The summed E-state index contributed by atoms with van der Waals surface area (Å²) in [5, 5.41) is 19.7. The Labute approximate surface area is 319 Å². The van der Waals surface area contributed by atoms with Crippen molar-refractivity contribution in [2.45, 2.75) is 57.8 Å². The maximum atomic E-state index is 9.87. The summed E-state index contributed by atoms with van der Waals surface area (Å²) in [4.78, 5) is 0. The summed E-state index contributed by atoms with van der Waals surface area (Å²) in [7, 11) is -1.48. The predicted octanol–water partition coefficient (Wildman–Crippen LogP) is 11.3. The van der Waals surface area contributed by atoms with E-state index in [1.165, 1.54) is 94.6 Å². The maximum Gasteiger partial charge on any atom is 0.488 e. The van der Waals surface area contributed by atoms with Crippen LogP contribution in [0.25, 0.3) is 66.8 Å². The molecule has 0 aliphatic heterocycles. The number of hydrogen-bond donors (Lipinski definition) is 2. The second-order valence-electron chi connectivity index (χ2n) is 17.2. The Kier molecular flexibility index (Phi) is 6.91. The van der Waals surface area contributed by atoms with Gasteiger partial charge in [0.1, 0.15) is 0 Å². The van der Waals surface area contributed by atoms with Crippen LogP contribution in [-0.2, 0) is 16.2 Å². The monoisotopic (exact) mass is 698 g/mol. The number of fused-ring (bicyclic) bond motifs is 9. The molecule has 54 heavy (non-hydrogen) atoms. The normalized spacial score (nSPS) is 15.9. The van der Waals surface area contributed by atoms with Crippen LogP contribution in [0.1, 0.15) is 74.9 Å². The standard InChI is InChI=1S/C51H43BO2/c1-49(2)43-24-31(30-10-8-7-9-11-30)12-18-37(43)38-19-13-32(25-44(38)49)33-14-20-39-40-21-15-34(27-46(40)50(3,4)45(39)26-33)35-16-22-41-42-23-17-36(52(53)54)29-48(42)51(5,6)47(41)28-35/h7-29,53-54H,1-6H3. The Morgan fingerprint density at radius 2 is 0.593 bits per heavy atom. The van der Waals surface area contributed by atoms with E-state index in [1.54, 1.807) is 0 Å². The van der Waals surface area contributed by atoms with E-state index in [9.17, 15) is 10.0 Å². The van der Waals surface area contributed by atoms with Crippen LogP contribution in [0.2, 0.25) is 0 Å². The minimum atomic E-state index is -1.48. The molecule has 262 valence electrons. The summed E-state index contributed by atoms with van der Waals surface area (Å²) >= 11 is 0. The van der Waals surface area contributed by atoms with Crippen LogP contribution >= 0.6 is 0 Å². The fraction of sp³-hybridized carbons (Fsp3) is 0.176. The number of benzene rings is 7. The first-order valence-corrected chi connectivity index (χ1v) is 19.1. The highest BCUT2D eigenvalue weighted by Crippen LogP contribution is 2.54. The van der Waals surface area contributed by atoms with E-state index >= 15 is 0 Å². The SMILES string of the molecule is CC1(C)c2cc(B(O)O)ccc2-c2ccc(-c3ccc4c(c3)C(C)(C)c3cc(-c5ccc6c(c5)C(C)(C)c5cc(-c7ccccc7)ccc5-6)ccc3-4)cc21. The van der Waals surface area contributed by atoms with Gasteiger partial charge in [-0.2, -0.15) is 0 Å². The summed E-state index contributed by atoms with van der Waals surface area (Å²) in [5.74, 6) is 0. The Morgan fingerprint density at radius 3 is 0.907 bits per heavy atom. The van der Waals surface area contributed by atoms with Crippen molar-refractivity contribution < 1.29 is 10.0 Å². The fourth-order valence-corrected chi connectivity index (χ4v) is 9.92.